The van der Waals surface area contributed by atoms with Crippen molar-refractivity contribution >= 4 is 39.3 Å². The van der Waals surface area contributed by atoms with Gasteiger partial charge in [-0.15, -0.1) is 11.3 Å². The first-order chi connectivity index (χ1) is 8.56. The highest BCUT2D eigenvalue weighted by atomic mass is 79.9. The number of thiophene rings is 1. The van der Waals surface area contributed by atoms with Gasteiger partial charge in [0.1, 0.15) is 5.82 Å². The molecule has 0 unspecified atom stereocenters. The summed E-state index contributed by atoms with van der Waals surface area (Å²) in [5.41, 5.74) is 0.512. The third-order valence-corrected chi connectivity index (χ3v) is 3.79. The molecule has 0 aliphatic carbocycles. The van der Waals surface area contributed by atoms with E-state index in [1.807, 2.05) is 0 Å². The number of halogens is 2. The molecule has 0 radical (unpaired) electrons. The van der Waals surface area contributed by atoms with Crippen LogP contribution in [0.1, 0.15) is 4.88 Å². The summed E-state index contributed by atoms with van der Waals surface area (Å²) in [6.07, 6.45) is 2.56. The van der Waals surface area contributed by atoms with Crippen LogP contribution in [0.5, 0.6) is 0 Å². The summed E-state index contributed by atoms with van der Waals surface area (Å²) in [6, 6.07) is 8.40. The molecule has 2 nitrogen and oxygen atoms in total. The predicted octanol–water partition coefficient (Wildman–Crippen LogP) is 4.41. The summed E-state index contributed by atoms with van der Waals surface area (Å²) in [7, 11) is 0. The van der Waals surface area contributed by atoms with Crippen LogP contribution in [0.25, 0.3) is 16.5 Å². The number of aliphatic carboxylic acids is 1. The third kappa shape index (κ3) is 3.05. The summed E-state index contributed by atoms with van der Waals surface area (Å²) < 4.78 is 14.4. The van der Waals surface area contributed by atoms with Crippen LogP contribution in [0, 0.1) is 5.82 Å². The molecule has 1 aromatic heterocycles. The van der Waals surface area contributed by atoms with E-state index >= 15 is 0 Å². The molecular weight excluding hydrogens is 319 g/mol. The van der Waals surface area contributed by atoms with E-state index in [1.165, 1.54) is 23.5 Å². The number of hydrogen-bond acceptors (Lipinski definition) is 2. The summed E-state index contributed by atoms with van der Waals surface area (Å²) in [6.45, 7) is 0. The Morgan fingerprint density at radius 2 is 2.11 bits per heavy atom. The molecule has 2 aromatic rings. The molecule has 0 saturated heterocycles. The zero-order valence-corrected chi connectivity index (χ0v) is 11.5. The van der Waals surface area contributed by atoms with E-state index in [0.717, 1.165) is 15.8 Å². The van der Waals surface area contributed by atoms with Gasteiger partial charge in [0.15, 0.2) is 0 Å². The number of hydrogen-bond donors (Lipinski definition) is 1. The zero-order chi connectivity index (χ0) is 13.1. The number of carboxylic acid groups (broad SMARTS) is 1. The maximum Gasteiger partial charge on any atom is 0.328 e. The van der Waals surface area contributed by atoms with Crippen molar-refractivity contribution in [3.05, 3.63) is 51.6 Å². The first-order valence-corrected chi connectivity index (χ1v) is 6.63. The van der Waals surface area contributed by atoms with Crippen LogP contribution in [0.15, 0.2) is 40.9 Å². The molecule has 0 amide bonds. The number of benzene rings is 1. The van der Waals surface area contributed by atoms with Crippen LogP contribution in [0.2, 0.25) is 0 Å². The molecule has 92 valence electrons. The summed E-state index contributed by atoms with van der Waals surface area (Å²) >= 11 is 4.54. The normalized spacial score (nSPS) is 11.0. The highest BCUT2D eigenvalue weighted by Gasteiger charge is 2.07. The second-order valence-corrected chi connectivity index (χ2v) is 5.53. The van der Waals surface area contributed by atoms with Crippen molar-refractivity contribution < 1.29 is 14.3 Å². The maximum absolute atomic E-state index is 13.7. The van der Waals surface area contributed by atoms with Gasteiger partial charge in [-0.25, -0.2) is 9.18 Å². The summed E-state index contributed by atoms with van der Waals surface area (Å²) in [5, 5.41) is 8.53. The summed E-state index contributed by atoms with van der Waals surface area (Å²) in [4.78, 5) is 11.9. The van der Waals surface area contributed by atoms with Gasteiger partial charge in [0, 0.05) is 25.9 Å². The molecule has 2 rings (SSSR count). The van der Waals surface area contributed by atoms with Gasteiger partial charge in [-0.3, -0.25) is 0 Å². The van der Waals surface area contributed by atoms with Gasteiger partial charge >= 0.3 is 5.97 Å². The fourth-order valence-electron chi connectivity index (χ4n) is 1.43. The van der Waals surface area contributed by atoms with Crippen molar-refractivity contribution in [1.82, 2.24) is 0 Å². The molecule has 0 atom stereocenters. The monoisotopic (exact) mass is 326 g/mol. The fourth-order valence-corrected chi connectivity index (χ4v) is 2.70. The molecule has 0 saturated carbocycles. The maximum atomic E-state index is 13.7. The predicted molar refractivity (Wildman–Crippen MR) is 74.1 cm³/mol. The van der Waals surface area contributed by atoms with Crippen LogP contribution in [0.3, 0.4) is 0 Å². The van der Waals surface area contributed by atoms with E-state index in [4.69, 9.17) is 5.11 Å². The Kier molecular flexibility index (Phi) is 3.93. The average molecular weight is 327 g/mol. The van der Waals surface area contributed by atoms with E-state index < -0.39 is 5.97 Å². The second-order valence-electron chi connectivity index (χ2n) is 3.50. The number of carbonyl (C=O) groups is 1. The topological polar surface area (TPSA) is 37.3 Å². The first kappa shape index (κ1) is 13.0. The van der Waals surface area contributed by atoms with E-state index in [2.05, 4.69) is 15.9 Å². The number of carboxylic acids is 1. The molecular formula is C13H8BrFO2S. The lowest BCUT2D eigenvalue weighted by Crippen LogP contribution is -1.84. The van der Waals surface area contributed by atoms with Gasteiger partial charge in [-0.05, 0) is 36.4 Å². The molecule has 0 aliphatic heterocycles. The van der Waals surface area contributed by atoms with Crippen LogP contribution in [-0.2, 0) is 4.79 Å². The van der Waals surface area contributed by atoms with Gasteiger partial charge in [0.25, 0.3) is 0 Å². The standard InChI is InChI=1S/C13H8BrFO2S/c14-8-1-4-10(11(15)7-8)12-5-2-9(18-12)3-6-13(16)17/h1-7H,(H,16,17)/b6-3+. The van der Waals surface area contributed by atoms with Gasteiger partial charge in [0.05, 0.1) is 0 Å². The lowest BCUT2D eigenvalue weighted by molar-refractivity contribution is -0.131. The van der Waals surface area contributed by atoms with Gasteiger partial charge < -0.3 is 5.11 Å². The van der Waals surface area contributed by atoms with Crippen molar-refractivity contribution in [3.8, 4) is 10.4 Å². The van der Waals surface area contributed by atoms with Gasteiger partial charge in [-0.2, -0.15) is 0 Å². The molecule has 1 N–H and O–H groups in total. The minimum absolute atomic E-state index is 0.306. The van der Waals surface area contributed by atoms with Crippen LogP contribution < -0.4 is 0 Å². The Labute approximate surface area is 116 Å². The largest absolute Gasteiger partial charge is 0.478 e. The third-order valence-electron chi connectivity index (χ3n) is 2.21. The van der Waals surface area contributed by atoms with Gasteiger partial charge in [-0.1, -0.05) is 15.9 Å². The highest BCUT2D eigenvalue weighted by Crippen LogP contribution is 2.31. The lowest BCUT2D eigenvalue weighted by atomic mass is 10.2. The molecule has 0 fully saturated rings. The Bertz CT molecular complexity index is 619. The van der Waals surface area contributed by atoms with Crippen LogP contribution in [0.4, 0.5) is 4.39 Å². The highest BCUT2D eigenvalue weighted by molar-refractivity contribution is 9.10. The molecule has 1 aromatic carbocycles. The van der Waals surface area contributed by atoms with Crippen molar-refractivity contribution in [2.75, 3.05) is 0 Å². The van der Waals surface area contributed by atoms with Crippen molar-refractivity contribution in [2.45, 2.75) is 0 Å². The molecule has 0 bridgehead atoms. The minimum Gasteiger partial charge on any atom is -0.478 e. The zero-order valence-electron chi connectivity index (χ0n) is 9.06. The number of rotatable bonds is 3. The van der Waals surface area contributed by atoms with Crippen LogP contribution >= 0.6 is 27.3 Å². The van der Waals surface area contributed by atoms with Crippen molar-refractivity contribution in [2.24, 2.45) is 0 Å². The Morgan fingerprint density at radius 3 is 2.78 bits per heavy atom. The summed E-state index contributed by atoms with van der Waals surface area (Å²) in [5.74, 6) is -1.31. The Morgan fingerprint density at radius 1 is 1.33 bits per heavy atom. The first-order valence-electron chi connectivity index (χ1n) is 5.02. The van der Waals surface area contributed by atoms with E-state index in [0.29, 0.717) is 10.0 Å². The Hall–Kier alpha value is -1.46. The van der Waals surface area contributed by atoms with E-state index in [9.17, 15) is 9.18 Å². The van der Waals surface area contributed by atoms with Crippen molar-refractivity contribution in [1.29, 1.82) is 0 Å². The smallest absolute Gasteiger partial charge is 0.328 e. The fraction of sp³-hybridized carbons (Fsp3) is 0. The molecule has 18 heavy (non-hydrogen) atoms. The second kappa shape index (κ2) is 5.46. The van der Waals surface area contributed by atoms with Crippen LogP contribution in [-0.4, -0.2) is 11.1 Å². The SMILES string of the molecule is O=C(O)/C=C/c1ccc(-c2ccc(Br)cc2F)s1. The molecule has 5 heteroatoms. The average Bonchev–Trinajstić information content (AvgIpc) is 2.75. The lowest BCUT2D eigenvalue weighted by Gasteiger charge is -1.99. The van der Waals surface area contributed by atoms with E-state index in [-0.39, 0.29) is 5.82 Å². The van der Waals surface area contributed by atoms with E-state index in [1.54, 1.807) is 24.3 Å². The molecule has 0 spiro atoms. The van der Waals surface area contributed by atoms with Gasteiger partial charge in [0.2, 0.25) is 0 Å². The Balaban J connectivity index is 2.32. The quantitative estimate of drug-likeness (QED) is 0.848. The molecule has 0 aliphatic rings. The molecule has 1 heterocycles. The van der Waals surface area contributed by atoms with Crippen molar-refractivity contribution in [3.63, 3.8) is 0 Å². The minimum atomic E-state index is -1.00.